The third kappa shape index (κ3) is 5.29. The second-order valence-electron chi connectivity index (χ2n) is 4.97. The lowest BCUT2D eigenvalue weighted by molar-refractivity contribution is 0.537. The van der Waals surface area contributed by atoms with Gasteiger partial charge in [-0.15, -0.1) is 5.10 Å². The van der Waals surface area contributed by atoms with Gasteiger partial charge in [-0.25, -0.2) is 0 Å². The number of rotatable bonds is 8. The molecule has 0 aromatic carbocycles. The second kappa shape index (κ2) is 7.42. The first-order valence-electron chi connectivity index (χ1n) is 6.61. The Labute approximate surface area is 99.2 Å². The summed E-state index contributed by atoms with van der Waals surface area (Å²) in [7, 11) is 0. The maximum absolute atomic E-state index is 4.20. The van der Waals surface area contributed by atoms with Crippen LogP contribution in [0.5, 0.6) is 0 Å². The van der Waals surface area contributed by atoms with Gasteiger partial charge in [-0.3, -0.25) is 4.68 Å². The van der Waals surface area contributed by atoms with Crippen LogP contribution >= 0.6 is 0 Å². The van der Waals surface area contributed by atoms with Crippen LogP contribution in [0.3, 0.4) is 0 Å². The van der Waals surface area contributed by atoms with E-state index in [9.17, 15) is 0 Å². The van der Waals surface area contributed by atoms with Gasteiger partial charge in [-0.1, -0.05) is 45.2 Å². The molecule has 3 nitrogen and oxygen atoms in total. The Bertz CT molecular complexity index is 278. The first-order chi connectivity index (χ1) is 7.72. The van der Waals surface area contributed by atoms with Crippen molar-refractivity contribution in [2.24, 2.45) is 5.92 Å². The summed E-state index contributed by atoms with van der Waals surface area (Å²) in [6.45, 7) is 7.77. The molecule has 0 aliphatic rings. The number of unbranched alkanes of at least 4 members (excludes halogenated alkanes) is 2. The van der Waals surface area contributed by atoms with Gasteiger partial charge in [0.1, 0.15) is 0 Å². The van der Waals surface area contributed by atoms with E-state index in [4.69, 9.17) is 0 Å². The fraction of sp³-hybridized carbons (Fsp3) is 0.846. The monoisotopic (exact) mass is 223 g/mol. The van der Waals surface area contributed by atoms with Crippen LogP contribution in [0.4, 0.5) is 0 Å². The maximum Gasteiger partial charge on any atom is 0.0827 e. The summed E-state index contributed by atoms with van der Waals surface area (Å²) in [5, 5.41) is 8.36. The van der Waals surface area contributed by atoms with Gasteiger partial charge in [0.05, 0.1) is 5.69 Å². The van der Waals surface area contributed by atoms with Gasteiger partial charge in [0.2, 0.25) is 0 Å². The molecule has 0 aliphatic heterocycles. The molecular weight excluding hydrogens is 198 g/mol. The molecule has 0 amide bonds. The van der Waals surface area contributed by atoms with E-state index in [2.05, 4.69) is 37.3 Å². The van der Waals surface area contributed by atoms with E-state index >= 15 is 0 Å². The molecule has 0 fully saturated rings. The fourth-order valence-electron chi connectivity index (χ4n) is 1.78. The molecule has 0 aliphatic carbocycles. The first-order valence-corrected chi connectivity index (χ1v) is 6.61. The summed E-state index contributed by atoms with van der Waals surface area (Å²) < 4.78 is 1.99. The number of aromatic nitrogens is 3. The second-order valence-corrected chi connectivity index (χ2v) is 4.97. The van der Waals surface area contributed by atoms with Crippen molar-refractivity contribution in [2.75, 3.05) is 0 Å². The maximum atomic E-state index is 4.20. The van der Waals surface area contributed by atoms with Crippen LogP contribution in [0, 0.1) is 5.92 Å². The van der Waals surface area contributed by atoms with Crippen molar-refractivity contribution >= 4 is 0 Å². The van der Waals surface area contributed by atoms with Crippen LogP contribution in [0.25, 0.3) is 0 Å². The van der Waals surface area contributed by atoms with Crippen molar-refractivity contribution in [3.05, 3.63) is 11.9 Å². The van der Waals surface area contributed by atoms with Gasteiger partial charge >= 0.3 is 0 Å². The lowest BCUT2D eigenvalue weighted by Gasteiger charge is -2.01. The molecule has 0 N–H and O–H groups in total. The zero-order valence-corrected chi connectivity index (χ0v) is 10.9. The fourth-order valence-corrected chi connectivity index (χ4v) is 1.78. The lowest BCUT2D eigenvalue weighted by atomic mass is 10.1. The average molecular weight is 223 g/mol. The standard InChI is InChI=1S/C13H25N3/c1-4-5-6-10-16-11-13(14-15-16)9-7-8-12(2)3/h11-12H,4-10H2,1-3H3. The number of aryl methyl sites for hydroxylation is 2. The van der Waals surface area contributed by atoms with Crippen molar-refractivity contribution in [3.8, 4) is 0 Å². The topological polar surface area (TPSA) is 30.7 Å². The summed E-state index contributed by atoms with van der Waals surface area (Å²) in [4.78, 5) is 0. The van der Waals surface area contributed by atoms with E-state index in [0.717, 1.165) is 24.6 Å². The Morgan fingerprint density at radius 2 is 2.06 bits per heavy atom. The van der Waals surface area contributed by atoms with Crippen molar-refractivity contribution < 1.29 is 0 Å². The predicted octanol–water partition coefficient (Wildman–Crippen LogP) is 3.45. The molecule has 0 bridgehead atoms. The number of hydrogen-bond donors (Lipinski definition) is 0. The van der Waals surface area contributed by atoms with Crippen LogP contribution in [-0.4, -0.2) is 15.0 Å². The van der Waals surface area contributed by atoms with Crippen LogP contribution in [0.1, 0.15) is 58.6 Å². The van der Waals surface area contributed by atoms with Gasteiger partial charge < -0.3 is 0 Å². The molecule has 1 aromatic heterocycles. The quantitative estimate of drug-likeness (QED) is 0.632. The summed E-state index contributed by atoms with van der Waals surface area (Å²) in [5.41, 5.74) is 1.15. The third-order valence-corrected chi connectivity index (χ3v) is 2.79. The van der Waals surface area contributed by atoms with Crippen LogP contribution in [0.2, 0.25) is 0 Å². The molecule has 16 heavy (non-hydrogen) atoms. The molecule has 0 spiro atoms. The van der Waals surface area contributed by atoms with Gasteiger partial charge in [-0.2, -0.15) is 0 Å². The van der Waals surface area contributed by atoms with E-state index in [1.165, 1.54) is 32.1 Å². The summed E-state index contributed by atoms with van der Waals surface area (Å²) >= 11 is 0. The zero-order chi connectivity index (χ0) is 11.8. The normalized spacial score (nSPS) is 11.2. The van der Waals surface area contributed by atoms with Gasteiger partial charge in [0.25, 0.3) is 0 Å². The van der Waals surface area contributed by atoms with E-state index in [1.54, 1.807) is 0 Å². The summed E-state index contributed by atoms with van der Waals surface area (Å²) in [6.07, 6.45) is 9.44. The molecule has 3 heteroatoms. The van der Waals surface area contributed by atoms with Gasteiger partial charge in [0, 0.05) is 12.7 Å². The van der Waals surface area contributed by atoms with E-state index in [-0.39, 0.29) is 0 Å². The molecule has 0 atom stereocenters. The highest BCUT2D eigenvalue weighted by atomic mass is 15.4. The van der Waals surface area contributed by atoms with Crippen LogP contribution < -0.4 is 0 Å². The molecule has 0 saturated carbocycles. The molecule has 0 saturated heterocycles. The smallest absolute Gasteiger partial charge is 0.0827 e. The Morgan fingerprint density at radius 1 is 1.25 bits per heavy atom. The minimum absolute atomic E-state index is 0.791. The highest BCUT2D eigenvalue weighted by Crippen LogP contribution is 2.08. The third-order valence-electron chi connectivity index (χ3n) is 2.79. The highest BCUT2D eigenvalue weighted by Gasteiger charge is 2.01. The molecule has 0 unspecified atom stereocenters. The minimum Gasteiger partial charge on any atom is -0.252 e. The number of nitrogens with zero attached hydrogens (tertiary/aromatic N) is 3. The average Bonchev–Trinajstić information content (AvgIpc) is 2.66. The van der Waals surface area contributed by atoms with Gasteiger partial charge in [-0.05, 0) is 25.2 Å². The van der Waals surface area contributed by atoms with Gasteiger partial charge in [0.15, 0.2) is 0 Å². The lowest BCUT2D eigenvalue weighted by Crippen LogP contribution is -1.98. The Hall–Kier alpha value is -0.860. The Balaban J connectivity index is 2.22. The van der Waals surface area contributed by atoms with Crippen LogP contribution in [0.15, 0.2) is 6.20 Å². The Kier molecular flexibility index (Phi) is 6.12. The van der Waals surface area contributed by atoms with E-state index in [1.807, 2.05) is 4.68 Å². The Morgan fingerprint density at radius 3 is 2.75 bits per heavy atom. The highest BCUT2D eigenvalue weighted by molar-refractivity contribution is 4.92. The summed E-state index contributed by atoms with van der Waals surface area (Å²) in [5.74, 6) is 0.791. The first kappa shape index (κ1) is 13.2. The molecule has 92 valence electrons. The van der Waals surface area contributed by atoms with E-state index < -0.39 is 0 Å². The molecule has 1 heterocycles. The SMILES string of the molecule is CCCCCn1cc(CCCC(C)C)nn1. The number of hydrogen-bond acceptors (Lipinski definition) is 2. The molecular formula is C13H25N3. The zero-order valence-electron chi connectivity index (χ0n) is 10.9. The van der Waals surface area contributed by atoms with Crippen LogP contribution in [-0.2, 0) is 13.0 Å². The molecule has 0 radical (unpaired) electrons. The van der Waals surface area contributed by atoms with Crippen molar-refractivity contribution in [2.45, 2.75) is 65.8 Å². The van der Waals surface area contributed by atoms with E-state index in [0.29, 0.717) is 0 Å². The van der Waals surface area contributed by atoms with Crippen molar-refractivity contribution in [1.29, 1.82) is 0 Å². The predicted molar refractivity (Wildman–Crippen MR) is 67.3 cm³/mol. The molecule has 1 rings (SSSR count). The van der Waals surface area contributed by atoms with Crippen molar-refractivity contribution in [1.82, 2.24) is 15.0 Å². The largest absolute Gasteiger partial charge is 0.252 e. The van der Waals surface area contributed by atoms with Crippen molar-refractivity contribution in [3.63, 3.8) is 0 Å². The molecule has 1 aromatic rings. The minimum atomic E-state index is 0.791. The summed E-state index contributed by atoms with van der Waals surface area (Å²) in [6, 6.07) is 0.